The third kappa shape index (κ3) is 10.9. The predicted molar refractivity (Wildman–Crippen MR) is 409 cm³/mol. The van der Waals surface area contributed by atoms with Gasteiger partial charge in [0.05, 0.1) is 0 Å². The topological polar surface area (TPSA) is 119 Å². The lowest BCUT2D eigenvalue weighted by molar-refractivity contribution is 0.426. The Labute approximate surface area is 573 Å². The van der Waals surface area contributed by atoms with Gasteiger partial charge in [-0.15, -0.1) is 0 Å². The fourth-order valence-electron chi connectivity index (χ4n) is 13.4. The summed E-state index contributed by atoms with van der Waals surface area (Å²) < 4.78 is 40.1. The zero-order valence-corrected chi connectivity index (χ0v) is 53.5. The van der Waals surface area contributed by atoms with Crippen molar-refractivity contribution in [3.8, 4) is 55.6 Å². The lowest BCUT2D eigenvalue weighted by atomic mass is 9.80. The standard InChI is InChI=1S/C54H30O4.C24H15BO4.C6H4Br2.2CH4/c1-3-8-31(9-4-1)35-14-18-47-39(23-35)43-27-53-45(29-51(43)55-47)41-25-37(16-20-49(41)57-53)33-12-7-13-34(22-33)38-17-21-50-42(26-38)46-30-52-44(28-54(46)58-50)40-24-36(15-19-48(40)56-52)32-10-5-2-6-11-32;26-25(27)16-7-9-22-18(11-16)20-13-23-19(12-24(20)29-22)17-10-15(6-8-21(17)28-23)14-4-2-1-3-5-14;7-5-2-1-3-6(8)4-5;;/h1-30H;1-13,26-27H;1-4H;2*1H4. The van der Waals surface area contributed by atoms with Crippen LogP contribution in [0.4, 0.5) is 0 Å². The van der Waals surface area contributed by atoms with Crippen LogP contribution in [0.3, 0.4) is 0 Å². The molecule has 466 valence electrons. The SMILES string of the molecule is Brc1cccc(Br)c1.C.C.OB(O)c1ccc2oc3cc4c(cc3c2c1)oc1ccc(-c2ccccc2)cc14.c1ccc(-c2ccc3oc4cc5c(cc4c3c2)oc2ccc(-c3cccc(-c4ccc6oc7cc8c(cc7c6c4)oc4ccc(-c6ccccc6)cc48)c3)cc25)cc1. The number of fused-ring (bicyclic) bond motifs is 18. The van der Waals surface area contributed by atoms with Crippen molar-refractivity contribution in [2.75, 3.05) is 0 Å². The predicted octanol–water partition coefficient (Wildman–Crippen LogP) is 25.3. The number of hydrogen-bond donors (Lipinski definition) is 2. The third-order valence-electron chi connectivity index (χ3n) is 18.1. The monoisotopic (exact) mass is 1390 g/mol. The Hall–Kier alpha value is -11.2. The smallest absolute Gasteiger partial charge is 0.456 e. The van der Waals surface area contributed by atoms with Gasteiger partial charge in [-0.1, -0.05) is 204 Å². The maximum Gasteiger partial charge on any atom is 0.488 e. The fraction of sp³-hybridized carbons (Fsp3) is 0.0233. The molecule has 0 aliphatic rings. The van der Waals surface area contributed by atoms with Gasteiger partial charge >= 0.3 is 7.12 Å². The Kier molecular flexibility index (Phi) is 15.4. The molecule has 6 heterocycles. The van der Waals surface area contributed by atoms with Crippen LogP contribution >= 0.6 is 31.9 Å². The molecule has 0 bridgehead atoms. The van der Waals surface area contributed by atoms with E-state index in [1.807, 2.05) is 72.8 Å². The summed E-state index contributed by atoms with van der Waals surface area (Å²) in [7, 11) is -1.52. The highest BCUT2D eigenvalue weighted by Gasteiger charge is 2.21. The number of benzene rings is 14. The van der Waals surface area contributed by atoms with Crippen LogP contribution in [0.1, 0.15) is 14.9 Å². The Bertz CT molecular complexity index is 6150. The third-order valence-corrected chi connectivity index (χ3v) is 19.1. The average Bonchev–Trinajstić information content (AvgIpc) is 1.60. The lowest BCUT2D eigenvalue weighted by Gasteiger charge is -2.07. The Balaban J connectivity index is 0.000000157. The summed E-state index contributed by atoms with van der Waals surface area (Å²) in [6.07, 6.45) is 0. The largest absolute Gasteiger partial charge is 0.488 e. The molecule has 11 heteroatoms. The molecule has 0 radical (unpaired) electrons. The van der Waals surface area contributed by atoms with Crippen molar-refractivity contribution in [2.45, 2.75) is 14.9 Å². The minimum atomic E-state index is -1.52. The molecule has 20 rings (SSSR count). The zero-order valence-electron chi connectivity index (χ0n) is 50.3. The molecule has 8 nitrogen and oxygen atoms in total. The van der Waals surface area contributed by atoms with Crippen molar-refractivity contribution in [2.24, 2.45) is 0 Å². The summed E-state index contributed by atoms with van der Waals surface area (Å²) in [4.78, 5) is 0. The minimum Gasteiger partial charge on any atom is -0.456 e. The fourth-order valence-corrected chi connectivity index (χ4v) is 14.5. The normalized spacial score (nSPS) is 11.5. The van der Waals surface area contributed by atoms with Gasteiger partial charge in [0.1, 0.15) is 67.0 Å². The van der Waals surface area contributed by atoms with E-state index in [0.29, 0.717) is 11.0 Å². The summed E-state index contributed by atoms with van der Waals surface area (Å²) in [5, 5.41) is 31.2. The van der Waals surface area contributed by atoms with Gasteiger partial charge in [-0.05, 0) is 188 Å². The van der Waals surface area contributed by atoms with Gasteiger partial charge < -0.3 is 36.6 Å². The van der Waals surface area contributed by atoms with E-state index in [1.165, 1.54) is 11.1 Å². The van der Waals surface area contributed by atoms with E-state index >= 15 is 0 Å². The Morgan fingerprint density at radius 3 is 0.691 bits per heavy atom. The summed E-state index contributed by atoms with van der Waals surface area (Å²) in [5.74, 6) is 0. The maximum atomic E-state index is 9.49. The van der Waals surface area contributed by atoms with Crippen molar-refractivity contribution in [3.05, 3.63) is 294 Å². The quantitative estimate of drug-likeness (QED) is 0.158. The number of hydrogen-bond acceptors (Lipinski definition) is 8. The van der Waals surface area contributed by atoms with Crippen LogP contribution in [0.2, 0.25) is 0 Å². The van der Waals surface area contributed by atoms with E-state index in [4.69, 9.17) is 26.5 Å². The summed E-state index contributed by atoms with van der Waals surface area (Å²) in [5.41, 5.74) is 21.7. The molecule has 20 aromatic rings. The van der Waals surface area contributed by atoms with Crippen molar-refractivity contribution < 1.29 is 36.6 Å². The molecule has 6 aromatic heterocycles. The summed E-state index contributed by atoms with van der Waals surface area (Å²) >= 11 is 6.66. The van der Waals surface area contributed by atoms with Gasteiger partial charge in [-0.25, -0.2) is 0 Å². The van der Waals surface area contributed by atoms with Crippen molar-refractivity contribution >= 4 is 176 Å². The first-order valence-electron chi connectivity index (χ1n) is 31.1. The van der Waals surface area contributed by atoms with Gasteiger partial charge in [0.15, 0.2) is 0 Å². The molecule has 97 heavy (non-hydrogen) atoms. The first kappa shape index (κ1) is 60.7. The van der Waals surface area contributed by atoms with Crippen molar-refractivity contribution in [3.63, 3.8) is 0 Å². The molecule has 0 saturated carbocycles. The van der Waals surface area contributed by atoms with Crippen LogP contribution in [-0.4, -0.2) is 17.2 Å². The van der Waals surface area contributed by atoms with E-state index in [0.717, 1.165) is 180 Å². The minimum absolute atomic E-state index is 0. The maximum absolute atomic E-state index is 9.49. The van der Waals surface area contributed by atoms with E-state index in [-0.39, 0.29) is 14.9 Å². The van der Waals surface area contributed by atoms with Crippen molar-refractivity contribution in [1.82, 2.24) is 0 Å². The van der Waals surface area contributed by atoms with Crippen molar-refractivity contribution in [1.29, 1.82) is 0 Å². The Morgan fingerprint density at radius 2 is 0.423 bits per heavy atom. The van der Waals surface area contributed by atoms with Gasteiger partial charge in [-0.3, -0.25) is 0 Å². The van der Waals surface area contributed by atoms with Crippen LogP contribution in [0.25, 0.3) is 187 Å². The Morgan fingerprint density at radius 1 is 0.196 bits per heavy atom. The van der Waals surface area contributed by atoms with E-state index in [2.05, 4.69) is 226 Å². The first-order chi connectivity index (χ1) is 46.6. The number of furan rings is 6. The molecule has 2 N–H and O–H groups in total. The van der Waals surface area contributed by atoms with E-state index in [9.17, 15) is 10.0 Å². The van der Waals surface area contributed by atoms with Crippen LogP contribution in [-0.2, 0) is 0 Å². The zero-order chi connectivity index (χ0) is 63.4. The molecule has 0 atom stereocenters. The summed E-state index contributed by atoms with van der Waals surface area (Å²) in [6.45, 7) is 0. The second-order valence-corrected chi connectivity index (χ2v) is 25.8. The number of rotatable bonds is 6. The highest BCUT2D eigenvalue weighted by molar-refractivity contribution is 9.11. The van der Waals surface area contributed by atoms with E-state index < -0.39 is 7.12 Å². The molecular formula is C86H57BBr2O8. The highest BCUT2D eigenvalue weighted by Crippen LogP contribution is 2.44. The lowest BCUT2D eigenvalue weighted by Crippen LogP contribution is -2.29. The van der Waals surface area contributed by atoms with Crippen LogP contribution in [0, 0.1) is 0 Å². The van der Waals surface area contributed by atoms with Gasteiger partial charge in [-0.2, -0.15) is 0 Å². The molecule has 0 unspecified atom stereocenters. The van der Waals surface area contributed by atoms with Gasteiger partial charge in [0, 0.05) is 73.6 Å². The molecular weight excluding hydrogens is 1330 g/mol. The average molecular weight is 1390 g/mol. The van der Waals surface area contributed by atoms with E-state index in [1.54, 1.807) is 18.2 Å². The molecule has 0 aliphatic carbocycles. The second-order valence-electron chi connectivity index (χ2n) is 23.9. The molecule has 0 amide bonds. The first-order valence-corrected chi connectivity index (χ1v) is 32.7. The van der Waals surface area contributed by atoms with Crippen LogP contribution < -0.4 is 5.46 Å². The molecule has 0 saturated heterocycles. The van der Waals surface area contributed by atoms with Crippen LogP contribution in [0.5, 0.6) is 0 Å². The van der Waals surface area contributed by atoms with Gasteiger partial charge in [0.25, 0.3) is 0 Å². The molecule has 0 spiro atoms. The highest BCUT2D eigenvalue weighted by atomic mass is 79.9. The molecule has 0 aliphatic heterocycles. The van der Waals surface area contributed by atoms with Crippen LogP contribution in [0.15, 0.2) is 321 Å². The molecule has 0 fully saturated rings. The number of halogens is 2. The summed E-state index contributed by atoms with van der Waals surface area (Å²) in [6, 6.07) is 97.4. The molecule has 14 aromatic carbocycles. The van der Waals surface area contributed by atoms with Gasteiger partial charge in [0.2, 0.25) is 0 Å². The second kappa shape index (κ2) is 24.5.